The molecule has 12 nitrogen and oxygen atoms in total. The number of H-pyrrole nitrogens is 1. The zero-order chi connectivity index (χ0) is 38.3. The summed E-state index contributed by atoms with van der Waals surface area (Å²) in [5.41, 5.74) is 13.5. The van der Waals surface area contributed by atoms with Crippen LogP contribution in [0.25, 0.3) is 11.2 Å². The standard InChI is InChI=1S/C43H41N9O3S/c1-56(2)34-20-28(51-15-3-16-51)10-13-31(34)43(32-14-11-29(21-35(32)56)52-17-4-18-52)33-19-27(9-12-30(33)37(53)38(43)44)40(54)46-22-25-5-7-26(8-6-25)23-55-41-36-39(48-24-47-36)49-42(45)50-41/h5-14,19-21,24,44H,3-4,15-18,22-23H2,1-2H3,(H,46,54)(H3,45,47,48,49,50). The summed E-state index contributed by atoms with van der Waals surface area (Å²) in [5, 5.41) is 12.7. The summed E-state index contributed by atoms with van der Waals surface area (Å²) in [7, 11) is -1.55. The average molecular weight is 764 g/mol. The summed E-state index contributed by atoms with van der Waals surface area (Å²) in [5.74, 6) is -0.153. The highest BCUT2D eigenvalue weighted by molar-refractivity contribution is 8.32. The smallest absolute Gasteiger partial charge is 0.251 e. The summed E-state index contributed by atoms with van der Waals surface area (Å²) in [6.07, 6.45) is 8.55. The number of fused-ring (bicyclic) bond motifs is 7. The predicted octanol–water partition coefficient (Wildman–Crippen LogP) is 6.21. The van der Waals surface area contributed by atoms with E-state index in [0.717, 1.165) is 48.4 Å². The van der Waals surface area contributed by atoms with Crippen LogP contribution in [-0.4, -0.2) is 76.0 Å². The van der Waals surface area contributed by atoms with Gasteiger partial charge in [0.2, 0.25) is 17.6 Å². The minimum atomic E-state index is -1.55. The van der Waals surface area contributed by atoms with Crippen molar-refractivity contribution in [2.24, 2.45) is 0 Å². The molecule has 0 atom stereocenters. The molecule has 5 heterocycles. The molecular weight excluding hydrogens is 723 g/mol. The van der Waals surface area contributed by atoms with E-state index in [2.05, 4.69) is 84.0 Å². The molecule has 1 spiro atoms. The van der Waals surface area contributed by atoms with Crippen molar-refractivity contribution in [3.63, 3.8) is 0 Å². The number of ether oxygens (including phenoxy) is 1. The zero-order valence-electron chi connectivity index (χ0n) is 31.2. The Kier molecular flexibility index (Phi) is 7.76. The van der Waals surface area contributed by atoms with Crippen molar-refractivity contribution in [2.75, 3.05) is 54.2 Å². The normalized spacial score (nSPS) is 17.8. The van der Waals surface area contributed by atoms with Gasteiger partial charge in [0.25, 0.3) is 5.91 Å². The number of nitrogens with one attached hydrogen (secondary N) is 3. The maximum absolute atomic E-state index is 14.2. The summed E-state index contributed by atoms with van der Waals surface area (Å²) in [4.78, 5) is 50.7. The molecule has 56 heavy (non-hydrogen) atoms. The lowest BCUT2D eigenvalue weighted by molar-refractivity contribution is 0.0950. The van der Waals surface area contributed by atoms with Gasteiger partial charge in [-0.05, 0) is 95.6 Å². The van der Waals surface area contributed by atoms with Crippen molar-refractivity contribution >= 4 is 55.9 Å². The highest BCUT2D eigenvalue weighted by atomic mass is 32.3. The number of carbonyl (C=O) groups excluding carboxylic acids is 2. The number of nitrogens with two attached hydrogens (primary N) is 1. The summed E-state index contributed by atoms with van der Waals surface area (Å²) >= 11 is 0. The van der Waals surface area contributed by atoms with Crippen LogP contribution in [-0.2, 0) is 18.6 Å². The van der Waals surface area contributed by atoms with E-state index in [4.69, 9.17) is 10.5 Å². The van der Waals surface area contributed by atoms with Crippen molar-refractivity contribution in [3.8, 4) is 5.88 Å². The van der Waals surface area contributed by atoms with E-state index in [9.17, 15) is 15.0 Å². The van der Waals surface area contributed by atoms with E-state index < -0.39 is 15.4 Å². The number of hydrogen-bond donors (Lipinski definition) is 4. The Balaban J connectivity index is 0.960. The number of anilines is 3. The lowest BCUT2D eigenvalue weighted by Crippen LogP contribution is -2.42. The van der Waals surface area contributed by atoms with E-state index in [-0.39, 0.29) is 30.0 Å². The molecule has 13 heteroatoms. The number of Topliss-reactive ketones (excluding diaryl/α,β-unsaturated/α-hetero) is 1. The van der Waals surface area contributed by atoms with Gasteiger partial charge in [-0.1, -0.05) is 36.4 Å². The molecule has 0 saturated carbocycles. The van der Waals surface area contributed by atoms with Crippen LogP contribution in [0, 0.1) is 5.41 Å². The second-order valence-corrected chi connectivity index (χ2v) is 18.9. The van der Waals surface area contributed by atoms with Crippen LogP contribution in [0.3, 0.4) is 0 Å². The van der Waals surface area contributed by atoms with E-state index in [1.807, 2.05) is 30.3 Å². The molecule has 0 unspecified atom stereocenters. The van der Waals surface area contributed by atoms with Gasteiger partial charge in [-0.2, -0.15) is 20.0 Å². The minimum Gasteiger partial charge on any atom is -0.471 e. The van der Waals surface area contributed by atoms with Gasteiger partial charge in [0.05, 0.1) is 17.5 Å². The molecular formula is C43H41N9O3S. The van der Waals surface area contributed by atoms with E-state index in [1.54, 1.807) is 12.1 Å². The van der Waals surface area contributed by atoms with Gasteiger partial charge in [-0.25, -0.2) is 4.98 Å². The summed E-state index contributed by atoms with van der Waals surface area (Å²) in [6.45, 7) is 4.66. The van der Waals surface area contributed by atoms with Gasteiger partial charge < -0.3 is 30.6 Å². The number of rotatable bonds is 8. The van der Waals surface area contributed by atoms with Crippen LogP contribution in [0.5, 0.6) is 5.88 Å². The molecule has 3 aliphatic heterocycles. The number of nitrogen functional groups attached to an aromatic ring is 1. The van der Waals surface area contributed by atoms with E-state index >= 15 is 0 Å². The first-order valence-electron chi connectivity index (χ1n) is 18.9. The molecule has 4 aromatic carbocycles. The van der Waals surface area contributed by atoms with Crippen LogP contribution in [0.2, 0.25) is 0 Å². The number of amides is 1. The highest BCUT2D eigenvalue weighted by Crippen LogP contribution is 2.69. The lowest BCUT2D eigenvalue weighted by Gasteiger charge is -2.49. The number of aromatic nitrogens is 4. The SMILES string of the molecule is CS1(C)c2cc(N3CCC3)ccc2C2(C(=N)C(=O)c3ccc(C(=O)NCc4ccc(COc5nc(N)nc6[nH]cnc56)cc4)cc32)c2ccc(N3CCC3)cc21. The van der Waals surface area contributed by atoms with Crippen molar-refractivity contribution in [1.82, 2.24) is 25.3 Å². The molecule has 4 aliphatic rings. The number of ketones is 1. The molecule has 10 rings (SSSR count). The van der Waals surface area contributed by atoms with Gasteiger partial charge in [-0.15, -0.1) is 0 Å². The highest BCUT2D eigenvalue weighted by Gasteiger charge is 2.57. The van der Waals surface area contributed by atoms with Gasteiger partial charge in [-0.3, -0.25) is 15.0 Å². The number of nitrogens with zero attached hydrogens (tertiary/aromatic N) is 5. The number of imidazole rings is 1. The number of hydrogen-bond acceptors (Lipinski definition) is 10. The first-order valence-corrected chi connectivity index (χ1v) is 21.3. The Morgan fingerprint density at radius 1 is 0.875 bits per heavy atom. The molecule has 282 valence electrons. The molecule has 5 N–H and O–H groups in total. The fourth-order valence-electron chi connectivity index (χ4n) is 8.60. The first kappa shape index (κ1) is 34.3. The molecule has 2 saturated heterocycles. The average Bonchev–Trinajstić information content (AvgIpc) is 3.71. The molecule has 0 bridgehead atoms. The van der Waals surface area contributed by atoms with Crippen LogP contribution in [0.15, 0.2) is 95.0 Å². The molecule has 2 aromatic heterocycles. The lowest BCUT2D eigenvalue weighted by atomic mass is 9.68. The maximum Gasteiger partial charge on any atom is 0.251 e. The van der Waals surface area contributed by atoms with Gasteiger partial charge in [0.1, 0.15) is 6.61 Å². The number of aromatic amines is 1. The largest absolute Gasteiger partial charge is 0.471 e. The zero-order valence-corrected chi connectivity index (χ0v) is 32.0. The van der Waals surface area contributed by atoms with Crippen LogP contribution < -0.4 is 25.6 Å². The minimum absolute atomic E-state index is 0.0388. The van der Waals surface area contributed by atoms with Crippen LogP contribution in [0.1, 0.15) is 61.4 Å². The summed E-state index contributed by atoms with van der Waals surface area (Å²) < 4.78 is 5.92. The van der Waals surface area contributed by atoms with Crippen molar-refractivity contribution < 1.29 is 14.3 Å². The quantitative estimate of drug-likeness (QED) is 0.141. The fourth-order valence-corrected chi connectivity index (χ4v) is 11.2. The second kappa shape index (κ2) is 12.7. The topological polar surface area (TPSA) is 166 Å². The van der Waals surface area contributed by atoms with E-state index in [0.29, 0.717) is 40.3 Å². The van der Waals surface area contributed by atoms with Crippen molar-refractivity contribution in [1.29, 1.82) is 5.41 Å². The third-order valence-corrected chi connectivity index (χ3v) is 14.8. The molecule has 1 amide bonds. The molecule has 0 radical (unpaired) electrons. The number of benzene rings is 4. The monoisotopic (exact) mass is 763 g/mol. The van der Waals surface area contributed by atoms with Crippen LogP contribution >= 0.6 is 10.0 Å². The second-order valence-electron chi connectivity index (χ2n) is 15.4. The molecule has 6 aromatic rings. The fraction of sp³-hybridized carbons (Fsp3) is 0.256. The van der Waals surface area contributed by atoms with Gasteiger partial charge in [0.15, 0.2) is 11.2 Å². The molecule has 2 fully saturated rings. The Labute approximate surface area is 325 Å². The third kappa shape index (κ3) is 5.13. The number of carbonyl (C=O) groups is 2. The Bertz CT molecular complexity index is 2560. The Morgan fingerprint density at radius 3 is 2.14 bits per heavy atom. The molecule has 1 aliphatic carbocycles. The van der Waals surface area contributed by atoms with Gasteiger partial charge >= 0.3 is 0 Å². The first-order chi connectivity index (χ1) is 27.1. The maximum atomic E-state index is 14.2. The van der Waals surface area contributed by atoms with Gasteiger partial charge in [0, 0.05) is 65.0 Å². The predicted molar refractivity (Wildman–Crippen MR) is 219 cm³/mol. The van der Waals surface area contributed by atoms with Crippen molar-refractivity contribution in [2.45, 2.75) is 41.2 Å². The van der Waals surface area contributed by atoms with Crippen molar-refractivity contribution in [3.05, 3.63) is 124 Å². The van der Waals surface area contributed by atoms with Crippen LogP contribution in [0.4, 0.5) is 17.3 Å². The third-order valence-electron chi connectivity index (χ3n) is 11.9. The Hall–Kier alpha value is -6.21. The summed E-state index contributed by atoms with van der Waals surface area (Å²) in [6, 6.07) is 26.3. The van der Waals surface area contributed by atoms with E-state index in [1.165, 1.54) is 40.3 Å². The Morgan fingerprint density at radius 2 is 1.52 bits per heavy atom.